The third-order valence-corrected chi connectivity index (χ3v) is 3.92. The van der Waals surface area contributed by atoms with Crippen LogP contribution in [0.15, 0.2) is 0 Å². The van der Waals surface area contributed by atoms with Gasteiger partial charge in [0.15, 0.2) is 0 Å². The van der Waals surface area contributed by atoms with E-state index in [9.17, 15) is 9.90 Å². The second-order valence-corrected chi connectivity index (χ2v) is 6.91. The molecule has 0 radical (unpaired) electrons. The minimum Gasteiger partial charge on any atom is -0.390 e. The molecule has 2 atom stereocenters. The van der Waals surface area contributed by atoms with Crippen LogP contribution in [-0.2, 0) is 4.79 Å². The number of likely N-dealkylation sites (tertiary alicyclic amines) is 1. The fraction of sp³-hybridized carbons (Fsp3) is 0.929. The van der Waals surface area contributed by atoms with Gasteiger partial charge in [0.05, 0.1) is 5.60 Å². The Morgan fingerprint density at radius 2 is 2.00 bits per heavy atom. The number of hydrogen-bond donors (Lipinski definition) is 2. The van der Waals surface area contributed by atoms with E-state index in [1.165, 1.54) is 0 Å². The molecule has 1 saturated heterocycles. The normalized spacial score (nSPS) is 27.8. The minimum atomic E-state index is -0.624. The molecule has 1 amide bonds. The van der Waals surface area contributed by atoms with Gasteiger partial charge in [0.25, 0.3) is 0 Å². The molecule has 0 aromatic rings. The zero-order chi connectivity index (χ0) is 14.0. The summed E-state index contributed by atoms with van der Waals surface area (Å²) in [4.78, 5) is 14.0. The van der Waals surface area contributed by atoms with Gasteiger partial charge in [-0.25, -0.2) is 0 Å². The summed E-state index contributed by atoms with van der Waals surface area (Å²) in [5.41, 5.74) is 5.38. The van der Waals surface area contributed by atoms with Crippen molar-refractivity contribution in [3.8, 4) is 0 Å². The molecule has 2 unspecified atom stereocenters. The van der Waals surface area contributed by atoms with E-state index in [1.54, 1.807) is 0 Å². The van der Waals surface area contributed by atoms with Gasteiger partial charge in [-0.15, -0.1) is 0 Å². The highest BCUT2D eigenvalue weighted by atomic mass is 16.3. The van der Waals surface area contributed by atoms with E-state index in [2.05, 4.69) is 20.8 Å². The molecule has 0 aliphatic carbocycles. The summed E-state index contributed by atoms with van der Waals surface area (Å²) in [5, 5.41) is 10.0. The zero-order valence-corrected chi connectivity index (χ0v) is 12.2. The van der Waals surface area contributed by atoms with Crippen LogP contribution in [0.2, 0.25) is 0 Å². The average molecular weight is 256 g/mol. The highest BCUT2D eigenvalue weighted by Crippen LogP contribution is 2.24. The van der Waals surface area contributed by atoms with Crippen LogP contribution in [0, 0.1) is 5.41 Å². The van der Waals surface area contributed by atoms with Crippen molar-refractivity contribution in [2.75, 3.05) is 13.1 Å². The van der Waals surface area contributed by atoms with E-state index in [0.717, 1.165) is 19.4 Å². The summed E-state index contributed by atoms with van der Waals surface area (Å²) in [7, 11) is 0. The Morgan fingerprint density at radius 3 is 2.56 bits per heavy atom. The number of amides is 1. The summed E-state index contributed by atoms with van der Waals surface area (Å²) in [6.07, 6.45) is 2.68. The van der Waals surface area contributed by atoms with Crippen molar-refractivity contribution in [3.63, 3.8) is 0 Å². The molecule has 1 aliphatic rings. The molecule has 4 heteroatoms. The standard InChI is InChI=1S/C14H28N2O2/c1-13(2,3)11(15)10-12(17)16-8-5-6-14(4,18)7-9-16/h11,18H,5-10,15H2,1-4H3. The minimum absolute atomic E-state index is 0.0486. The molecule has 1 aliphatic heterocycles. The number of nitrogens with zero attached hydrogens (tertiary/aromatic N) is 1. The van der Waals surface area contributed by atoms with Crippen LogP contribution in [0.3, 0.4) is 0 Å². The number of carbonyl (C=O) groups is 1. The molecule has 0 saturated carbocycles. The maximum Gasteiger partial charge on any atom is 0.224 e. The molecule has 1 rings (SSSR count). The van der Waals surface area contributed by atoms with Crippen molar-refractivity contribution in [2.45, 2.75) is 65.0 Å². The zero-order valence-electron chi connectivity index (χ0n) is 12.2. The molecule has 1 heterocycles. The Bertz CT molecular complexity index is 295. The number of aliphatic hydroxyl groups is 1. The first kappa shape index (κ1) is 15.4. The predicted molar refractivity (Wildman–Crippen MR) is 73.1 cm³/mol. The molecular formula is C14H28N2O2. The van der Waals surface area contributed by atoms with E-state index in [-0.39, 0.29) is 17.4 Å². The van der Waals surface area contributed by atoms with E-state index in [1.807, 2.05) is 11.8 Å². The Labute approximate surface area is 111 Å². The molecule has 0 spiro atoms. The SMILES string of the molecule is CC1(O)CCCN(C(=O)CC(N)C(C)(C)C)CC1. The molecule has 0 bridgehead atoms. The van der Waals surface area contributed by atoms with Crippen molar-refractivity contribution in [1.82, 2.24) is 4.90 Å². The van der Waals surface area contributed by atoms with Crippen molar-refractivity contribution < 1.29 is 9.90 Å². The fourth-order valence-corrected chi connectivity index (χ4v) is 2.14. The van der Waals surface area contributed by atoms with Crippen LogP contribution in [0.1, 0.15) is 53.4 Å². The van der Waals surface area contributed by atoms with Crippen molar-refractivity contribution >= 4 is 5.91 Å². The lowest BCUT2D eigenvalue weighted by molar-refractivity contribution is -0.132. The van der Waals surface area contributed by atoms with Crippen LogP contribution in [0.4, 0.5) is 0 Å². The third-order valence-electron chi connectivity index (χ3n) is 3.92. The third kappa shape index (κ3) is 4.58. The molecule has 0 aromatic carbocycles. The van der Waals surface area contributed by atoms with Crippen molar-refractivity contribution in [3.05, 3.63) is 0 Å². The van der Waals surface area contributed by atoms with E-state index >= 15 is 0 Å². The van der Waals surface area contributed by atoms with E-state index < -0.39 is 5.60 Å². The highest BCUT2D eigenvalue weighted by Gasteiger charge is 2.29. The lowest BCUT2D eigenvalue weighted by Gasteiger charge is -2.29. The van der Waals surface area contributed by atoms with E-state index in [0.29, 0.717) is 19.4 Å². The lowest BCUT2D eigenvalue weighted by Crippen LogP contribution is -2.42. The Balaban J connectivity index is 2.52. The van der Waals surface area contributed by atoms with Gasteiger partial charge >= 0.3 is 0 Å². The second kappa shape index (κ2) is 5.57. The maximum atomic E-state index is 12.2. The number of nitrogens with two attached hydrogens (primary N) is 1. The summed E-state index contributed by atoms with van der Waals surface area (Å²) in [5.74, 6) is 0.120. The average Bonchev–Trinajstić information content (AvgIpc) is 2.37. The van der Waals surface area contributed by atoms with Crippen LogP contribution < -0.4 is 5.73 Å². The first-order chi connectivity index (χ1) is 8.12. The van der Waals surface area contributed by atoms with Gasteiger partial charge in [-0.3, -0.25) is 4.79 Å². The molecule has 4 nitrogen and oxygen atoms in total. The van der Waals surface area contributed by atoms with Gasteiger partial charge in [-0.2, -0.15) is 0 Å². The predicted octanol–water partition coefficient (Wildman–Crippen LogP) is 1.51. The Hall–Kier alpha value is -0.610. The van der Waals surface area contributed by atoms with Crippen LogP contribution in [-0.4, -0.2) is 40.6 Å². The first-order valence-corrected chi connectivity index (χ1v) is 6.87. The monoisotopic (exact) mass is 256 g/mol. The Kier molecular flexibility index (Phi) is 4.78. The van der Waals surface area contributed by atoms with Gasteiger partial charge in [0.1, 0.15) is 0 Å². The summed E-state index contributed by atoms with van der Waals surface area (Å²) >= 11 is 0. The lowest BCUT2D eigenvalue weighted by atomic mass is 9.85. The molecule has 18 heavy (non-hydrogen) atoms. The van der Waals surface area contributed by atoms with Gasteiger partial charge in [0, 0.05) is 25.6 Å². The summed E-state index contributed by atoms with van der Waals surface area (Å²) in [6, 6.07) is -0.117. The maximum absolute atomic E-state index is 12.2. The number of hydrogen-bond acceptors (Lipinski definition) is 3. The topological polar surface area (TPSA) is 66.6 Å². The van der Waals surface area contributed by atoms with Crippen LogP contribution >= 0.6 is 0 Å². The van der Waals surface area contributed by atoms with E-state index in [4.69, 9.17) is 5.73 Å². The van der Waals surface area contributed by atoms with Gasteiger partial charge < -0.3 is 15.7 Å². The van der Waals surface area contributed by atoms with Gasteiger partial charge in [-0.05, 0) is 31.6 Å². The molecule has 1 fully saturated rings. The Morgan fingerprint density at radius 1 is 1.39 bits per heavy atom. The van der Waals surface area contributed by atoms with Gasteiger partial charge in [-0.1, -0.05) is 20.8 Å². The first-order valence-electron chi connectivity index (χ1n) is 6.87. The smallest absolute Gasteiger partial charge is 0.224 e. The highest BCUT2D eigenvalue weighted by molar-refractivity contribution is 5.77. The van der Waals surface area contributed by atoms with Crippen molar-refractivity contribution in [1.29, 1.82) is 0 Å². The van der Waals surface area contributed by atoms with Crippen LogP contribution in [0.25, 0.3) is 0 Å². The summed E-state index contributed by atoms with van der Waals surface area (Å²) < 4.78 is 0. The van der Waals surface area contributed by atoms with Gasteiger partial charge in [0.2, 0.25) is 5.91 Å². The molecular weight excluding hydrogens is 228 g/mol. The largest absolute Gasteiger partial charge is 0.390 e. The fourth-order valence-electron chi connectivity index (χ4n) is 2.14. The summed E-state index contributed by atoms with van der Waals surface area (Å²) in [6.45, 7) is 9.39. The molecule has 106 valence electrons. The molecule has 3 N–H and O–H groups in total. The second-order valence-electron chi connectivity index (χ2n) is 6.91. The van der Waals surface area contributed by atoms with Crippen LogP contribution in [0.5, 0.6) is 0 Å². The molecule has 0 aromatic heterocycles. The quantitative estimate of drug-likeness (QED) is 0.787. The van der Waals surface area contributed by atoms with Crippen molar-refractivity contribution in [2.24, 2.45) is 11.1 Å². The number of rotatable bonds is 2. The number of carbonyl (C=O) groups excluding carboxylic acids is 1.